The molecule has 0 spiro atoms. The molecule has 1 aliphatic rings. The lowest BCUT2D eigenvalue weighted by atomic mass is 9.82. The molecule has 1 aromatic rings. The Bertz CT molecular complexity index is 511. The standard InChI is InChI=1S/C16H21F3N2O.ClH/c17-16(18,19)11-8-12-4-6-13(7-5-12)21-14(22)15(20)9-2-1-3-10-15;/h4-7H,1-3,8-11,20H2,(H,21,22);1H. The molecule has 3 N–H and O–H groups in total. The molecule has 1 aliphatic carbocycles. The van der Waals surface area contributed by atoms with Gasteiger partial charge in [0.25, 0.3) is 0 Å². The van der Waals surface area contributed by atoms with Crippen molar-refractivity contribution in [1.82, 2.24) is 0 Å². The Labute approximate surface area is 140 Å². The number of hydrogen-bond donors (Lipinski definition) is 2. The third-order valence-electron chi connectivity index (χ3n) is 4.11. The fraction of sp³-hybridized carbons (Fsp3) is 0.562. The van der Waals surface area contributed by atoms with Crippen LogP contribution >= 0.6 is 12.4 Å². The first kappa shape index (κ1) is 19.8. The fourth-order valence-electron chi connectivity index (χ4n) is 2.71. The van der Waals surface area contributed by atoms with Crippen LogP contribution in [0.2, 0.25) is 0 Å². The molecule has 1 amide bonds. The van der Waals surface area contributed by atoms with Crippen LogP contribution in [0.25, 0.3) is 0 Å². The molecule has 1 saturated carbocycles. The van der Waals surface area contributed by atoms with Gasteiger partial charge in [-0.15, -0.1) is 12.4 Å². The van der Waals surface area contributed by atoms with Crippen molar-refractivity contribution in [2.45, 2.75) is 56.7 Å². The van der Waals surface area contributed by atoms with Gasteiger partial charge in [0, 0.05) is 12.1 Å². The van der Waals surface area contributed by atoms with E-state index in [0.29, 0.717) is 24.1 Å². The van der Waals surface area contributed by atoms with Crippen molar-refractivity contribution in [2.24, 2.45) is 5.73 Å². The molecule has 0 radical (unpaired) electrons. The second-order valence-corrected chi connectivity index (χ2v) is 5.98. The van der Waals surface area contributed by atoms with Gasteiger partial charge in [0.15, 0.2) is 0 Å². The van der Waals surface area contributed by atoms with E-state index in [1.54, 1.807) is 24.3 Å². The number of amides is 1. The number of benzene rings is 1. The topological polar surface area (TPSA) is 55.1 Å². The highest BCUT2D eigenvalue weighted by Gasteiger charge is 2.35. The SMILES string of the molecule is Cl.NC1(C(=O)Nc2ccc(CCC(F)(F)F)cc2)CCCCC1. The smallest absolute Gasteiger partial charge is 0.324 e. The van der Waals surface area contributed by atoms with Crippen LogP contribution in [0.4, 0.5) is 18.9 Å². The van der Waals surface area contributed by atoms with Gasteiger partial charge in [-0.1, -0.05) is 31.4 Å². The Morgan fingerprint density at radius 1 is 1.13 bits per heavy atom. The number of carbonyl (C=O) groups excluding carboxylic acids is 1. The van der Waals surface area contributed by atoms with Crippen LogP contribution in [-0.2, 0) is 11.2 Å². The van der Waals surface area contributed by atoms with Crippen molar-refractivity contribution in [1.29, 1.82) is 0 Å². The van der Waals surface area contributed by atoms with Gasteiger partial charge >= 0.3 is 6.18 Å². The monoisotopic (exact) mass is 350 g/mol. The van der Waals surface area contributed by atoms with Crippen LogP contribution in [-0.4, -0.2) is 17.6 Å². The lowest BCUT2D eigenvalue weighted by molar-refractivity contribution is -0.134. The molecule has 0 atom stereocenters. The van der Waals surface area contributed by atoms with Crippen molar-refractivity contribution in [3.63, 3.8) is 0 Å². The largest absolute Gasteiger partial charge is 0.389 e. The Hall–Kier alpha value is -1.27. The summed E-state index contributed by atoms with van der Waals surface area (Å²) in [5.74, 6) is -0.213. The molecule has 0 bridgehead atoms. The molecule has 130 valence electrons. The van der Waals surface area contributed by atoms with Crippen molar-refractivity contribution in [3.05, 3.63) is 29.8 Å². The first-order valence-electron chi connectivity index (χ1n) is 7.55. The van der Waals surface area contributed by atoms with Gasteiger partial charge in [0.1, 0.15) is 0 Å². The maximum Gasteiger partial charge on any atom is 0.389 e. The summed E-state index contributed by atoms with van der Waals surface area (Å²) < 4.78 is 36.5. The second kappa shape index (κ2) is 8.02. The van der Waals surface area contributed by atoms with Gasteiger partial charge in [-0.3, -0.25) is 4.79 Å². The van der Waals surface area contributed by atoms with E-state index in [-0.39, 0.29) is 24.7 Å². The Kier molecular flexibility index (Phi) is 6.89. The number of rotatable bonds is 4. The highest BCUT2D eigenvalue weighted by molar-refractivity contribution is 5.98. The number of nitrogens with one attached hydrogen (secondary N) is 1. The minimum Gasteiger partial charge on any atom is -0.324 e. The number of halogens is 4. The molecule has 0 unspecified atom stereocenters. The summed E-state index contributed by atoms with van der Waals surface area (Å²) in [6, 6.07) is 6.45. The molecule has 7 heteroatoms. The number of hydrogen-bond acceptors (Lipinski definition) is 2. The normalized spacial score (nSPS) is 17.2. The first-order chi connectivity index (χ1) is 10.3. The highest BCUT2D eigenvalue weighted by atomic mass is 35.5. The van der Waals surface area contributed by atoms with Gasteiger partial charge in [-0.2, -0.15) is 13.2 Å². The van der Waals surface area contributed by atoms with E-state index >= 15 is 0 Å². The van der Waals surface area contributed by atoms with Gasteiger partial charge < -0.3 is 11.1 Å². The van der Waals surface area contributed by atoms with E-state index in [9.17, 15) is 18.0 Å². The molecule has 3 nitrogen and oxygen atoms in total. The van der Waals surface area contributed by atoms with Crippen molar-refractivity contribution >= 4 is 24.0 Å². The number of nitrogens with two attached hydrogens (primary N) is 1. The molecule has 2 rings (SSSR count). The summed E-state index contributed by atoms with van der Waals surface area (Å²) in [4.78, 5) is 12.2. The third kappa shape index (κ3) is 6.03. The van der Waals surface area contributed by atoms with Gasteiger partial charge in [0.05, 0.1) is 5.54 Å². The first-order valence-corrected chi connectivity index (χ1v) is 7.55. The summed E-state index contributed by atoms with van der Waals surface area (Å²) in [6.07, 6.45) is -0.727. The Morgan fingerprint density at radius 2 is 1.70 bits per heavy atom. The fourth-order valence-corrected chi connectivity index (χ4v) is 2.71. The van der Waals surface area contributed by atoms with E-state index in [4.69, 9.17) is 5.73 Å². The van der Waals surface area contributed by atoms with Crippen molar-refractivity contribution < 1.29 is 18.0 Å². The average Bonchev–Trinajstić information content (AvgIpc) is 2.46. The summed E-state index contributed by atoms with van der Waals surface area (Å²) in [6.45, 7) is 0. The lowest BCUT2D eigenvalue weighted by Gasteiger charge is -2.31. The summed E-state index contributed by atoms with van der Waals surface area (Å²) in [7, 11) is 0. The molecular weight excluding hydrogens is 329 g/mol. The zero-order valence-corrected chi connectivity index (χ0v) is 13.6. The van der Waals surface area contributed by atoms with E-state index in [2.05, 4.69) is 5.32 Å². The average molecular weight is 351 g/mol. The van der Waals surface area contributed by atoms with Crippen LogP contribution in [0.5, 0.6) is 0 Å². The zero-order chi connectivity index (χ0) is 16.2. The van der Waals surface area contributed by atoms with Crippen LogP contribution in [0.1, 0.15) is 44.1 Å². The maximum atomic E-state index is 12.2. The number of alkyl halides is 3. The molecular formula is C16H22ClF3N2O. The molecule has 23 heavy (non-hydrogen) atoms. The summed E-state index contributed by atoms with van der Waals surface area (Å²) in [5, 5.41) is 2.77. The number of aryl methyl sites for hydroxylation is 1. The van der Waals surface area contributed by atoms with Gasteiger partial charge in [-0.25, -0.2) is 0 Å². The van der Waals surface area contributed by atoms with Crippen molar-refractivity contribution in [3.8, 4) is 0 Å². The zero-order valence-electron chi connectivity index (χ0n) is 12.8. The third-order valence-corrected chi connectivity index (χ3v) is 4.11. The quantitative estimate of drug-likeness (QED) is 0.854. The molecule has 1 aromatic carbocycles. The van der Waals surface area contributed by atoms with Gasteiger partial charge in [-0.05, 0) is 37.0 Å². The van der Waals surface area contributed by atoms with Crippen LogP contribution < -0.4 is 11.1 Å². The molecule has 0 heterocycles. The van der Waals surface area contributed by atoms with Gasteiger partial charge in [0.2, 0.25) is 5.91 Å². The predicted octanol–water partition coefficient (Wildman–Crippen LogP) is 4.20. The highest BCUT2D eigenvalue weighted by Crippen LogP contribution is 2.27. The second-order valence-electron chi connectivity index (χ2n) is 5.98. The lowest BCUT2D eigenvalue weighted by Crippen LogP contribution is -2.52. The molecule has 0 aliphatic heterocycles. The van der Waals surface area contributed by atoms with E-state index < -0.39 is 18.1 Å². The van der Waals surface area contributed by atoms with Crippen LogP contribution in [0.3, 0.4) is 0 Å². The van der Waals surface area contributed by atoms with E-state index in [1.165, 1.54) is 0 Å². The van der Waals surface area contributed by atoms with Crippen LogP contribution in [0.15, 0.2) is 24.3 Å². The Morgan fingerprint density at radius 3 is 2.22 bits per heavy atom. The predicted molar refractivity (Wildman–Crippen MR) is 86.7 cm³/mol. The van der Waals surface area contributed by atoms with E-state index in [1.807, 2.05) is 0 Å². The Balaban J connectivity index is 0.00000264. The minimum atomic E-state index is -4.15. The van der Waals surface area contributed by atoms with E-state index in [0.717, 1.165) is 19.3 Å². The summed E-state index contributed by atoms with van der Waals surface area (Å²) >= 11 is 0. The molecule has 0 aromatic heterocycles. The number of anilines is 1. The van der Waals surface area contributed by atoms with Crippen LogP contribution in [0, 0.1) is 0 Å². The van der Waals surface area contributed by atoms with Crippen molar-refractivity contribution in [2.75, 3.05) is 5.32 Å². The maximum absolute atomic E-state index is 12.2. The molecule has 1 fully saturated rings. The number of carbonyl (C=O) groups is 1. The molecule has 0 saturated heterocycles. The minimum absolute atomic E-state index is 0. The summed E-state index contributed by atoms with van der Waals surface area (Å²) in [5.41, 5.74) is 6.47.